The first-order valence-corrected chi connectivity index (χ1v) is 7.59. The summed E-state index contributed by atoms with van der Waals surface area (Å²) in [6, 6.07) is 6.41. The quantitative estimate of drug-likeness (QED) is 0.792. The van der Waals surface area contributed by atoms with Crippen molar-refractivity contribution in [3.8, 4) is 0 Å². The summed E-state index contributed by atoms with van der Waals surface area (Å²) >= 11 is 0. The summed E-state index contributed by atoms with van der Waals surface area (Å²) in [4.78, 5) is 7.01. The SMILES string of the molecule is CCN(CC)c1ncc(NCCOC)c2cccc(C)c12. The Hall–Kier alpha value is -1.81. The largest absolute Gasteiger partial charge is 0.383 e. The number of hydrogen-bond donors (Lipinski definition) is 1. The van der Waals surface area contributed by atoms with Gasteiger partial charge < -0.3 is 15.0 Å². The van der Waals surface area contributed by atoms with Crippen LogP contribution in [0.25, 0.3) is 10.8 Å². The van der Waals surface area contributed by atoms with E-state index in [1.807, 2.05) is 6.20 Å². The van der Waals surface area contributed by atoms with Gasteiger partial charge in [0.05, 0.1) is 18.5 Å². The number of fused-ring (bicyclic) bond motifs is 1. The lowest BCUT2D eigenvalue weighted by Gasteiger charge is -2.23. The molecule has 2 aromatic rings. The van der Waals surface area contributed by atoms with E-state index in [0.717, 1.165) is 31.1 Å². The van der Waals surface area contributed by atoms with Crippen molar-refractivity contribution in [3.05, 3.63) is 30.0 Å². The van der Waals surface area contributed by atoms with Crippen LogP contribution < -0.4 is 10.2 Å². The van der Waals surface area contributed by atoms with E-state index in [1.54, 1.807) is 7.11 Å². The molecule has 0 unspecified atom stereocenters. The molecule has 114 valence electrons. The molecule has 0 spiro atoms. The minimum Gasteiger partial charge on any atom is -0.383 e. The molecule has 0 aliphatic carbocycles. The predicted octanol–water partition coefficient (Wildman–Crippen LogP) is 3.45. The average Bonchev–Trinajstić information content (AvgIpc) is 2.50. The Morgan fingerprint density at radius 3 is 2.67 bits per heavy atom. The van der Waals surface area contributed by atoms with Crippen LogP contribution in [0.5, 0.6) is 0 Å². The highest BCUT2D eigenvalue weighted by Crippen LogP contribution is 2.32. The second-order valence-corrected chi connectivity index (χ2v) is 5.08. The minimum atomic E-state index is 0.686. The topological polar surface area (TPSA) is 37.4 Å². The third-order valence-corrected chi connectivity index (χ3v) is 3.79. The van der Waals surface area contributed by atoms with E-state index in [2.05, 4.69) is 49.2 Å². The highest BCUT2D eigenvalue weighted by Gasteiger charge is 2.13. The number of nitrogens with zero attached hydrogens (tertiary/aromatic N) is 2. The first kappa shape index (κ1) is 15.6. The third-order valence-electron chi connectivity index (χ3n) is 3.79. The number of rotatable bonds is 7. The van der Waals surface area contributed by atoms with Crippen LogP contribution in [0.2, 0.25) is 0 Å². The predicted molar refractivity (Wildman–Crippen MR) is 90.4 cm³/mol. The number of pyridine rings is 1. The average molecular weight is 287 g/mol. The molecule has 0 saturated heterocycles. The third kappa shape index (κ3) is 3.27. The summed E-state index contributed by atoms with van der Waals surface area (Å²) < 4.78 is 5.10. The van der Waals surface area contributed by atoms with Gasteiger partial charge in [-0.25, -0.2) is 4.98 Å². The normalized spacial score (nSPS) is 10.9. The lowest BCUT2D eigenvalue weighted by atomic mass is 10.0. The van der Waals surface area contributed by atoms with Crippen LogP contribution in [0.4, 0.5) is 11.5 Å². The molecule has 0 fully saturated rings. The van der Waals surface area contributed by atoms with Crippen molar-refractivity contribution in [2.45, 2.75) is 20.8 Å². The van der Waals surface area contributed by atoms with Crippen LogP contribution in [0, 0.1) is 6.92 Å². The van der Waals surface area contributed by atoms with Crippen molar-refractivity contribution in [1.82, 2.24) is 4.98 Å². The van der Waals surface area contributed by atoms with Gasteiger partial charge in [-0.2, -0.15) is 0 Å². The lowest BCUT2D eigenvalue weighted by molar-refractivity contribution is 0.211. The highest BCUT2D eigenvalue weighted by molar-refractivity contribution is 6.02. The number of aromatic nitrogens is 1. The van der Waals surface area contributed by atoms with Crippen LogP contribution in [0.3, 0.4) is 0 Å². The van der Waals surface area contributed by atoms with Crippen molar-refractivity contribution >= 4 is 22.3 Å². The fraction of sp³-hybridized carbons (Fsp3) is 0.471. The number of methoxy groups -OCH3 is 1. The second-order valence-electron chi connectivity index (χ2n) is 5.08. The molecule has 4 heteroatoms. The number of anilines is 2. The summed E-state index contributed by atoms with van der Waals surface area (Å²) in [5.41, 5.74) is 2.33. The summed E-state index contributed by atoms with van der Waals surface area (Å²) in [5, 5.41) is 5.88. The van der Waals surface area contributed by atoms with E-state index in [9.17, 15) is 0 Å². The zero-order valence-electron chi connectivity index (χ0n) is 13.4. The monoisotopic (exact) mass is 287 g/mol. The summed E-state index contributed by atoms with van der Waals surface area (Å²) in [7, 11) is 1.71. The lowest BCUT2D eigenvalue weighted by Crippen LogP contribution is -2.23. The molecular weight excluding hydrogens is 262 g/mol. The Balaban J connectivity index is 2.51. The molecule has 1 aromatic heterocycles. The highest BCUT2D eigenvalue weighted by atomic mass is 16.5. The molecule has 1 heterocycles. The molecule has 2 rings (SSSR count). The van der Waals surface area contributed by atoms with Crippen molar-refractivity contribution in [2.24, 2.45) is 0 Å². The van der Waals surface area contributed by atoms with E-state index in [0.29, 0.717) is 6.61 Å². The fourth-order valence-corrected chi connectivity index (χ4v) is 2.64. The van der Waals surface area contributed by atoms with Gasteiger partial charge in [-0.1, -0.05) is 18.2 Å². The minimum absolute atomic E-state index is 0.686. The Bertz CT molecular complexity index is 594. The van der Waals surface area contributed by atoms with Crippen LogP contribution >= 0.6 is 0 Å². The van der Waals surface area contributed by atoms with Gasteiger partial charge in [-0.15, -0.1) is 0 Å². The van der Waals surface area contributed by atoms with E-state index in [-0.39, 0.29) is 0 Å². The molecule has 0 amide bonds. The molecule has 0 atom stereocenters. The van der Waals surface area contributed by atoms with Gasteiger partial charge in [0.25, 0.3) is 0 Å². The molecule has 21 heavy (non-hydrogen) atoms. The van der Waals surface area contributed by atoms with Crippen LogP contribution in [0.1, 0.15) is 19.4 Å². The van der Waals surface area contributed by atoms with Crippen molar-refractivity contribution in [3.63, 3.8) is 0 Å². The maximum Gasteiger partial charge on any atom is 0.136 e. The number of nitrogens with one attached hydrogen (secondary N) is 1. The first-order chi connectivity index (χ1) is 10.2. The Morgan fingerprint density at radius 1 is 1.24 bits per heavy atom. The van der Waals surface area contributed by atoms with Crippen molar-refractivity contribution in [1.29, 1.82) is 0 Å². The van der Waals surface area contributed by atoms with E-state index >= 15 is 0 Å². The number of ether oxygens (including phenoxy) is 1. The number of aryl methyl sites for hydroxylation is 1. The zero-order valence-corrected chi connectivity index (χ0v) is 13.4. The molecule has 0 aliphatic heterocycles. The standard InChI is InChI=1S/C17H25N3O/c1-5-20(6-2)17-16-13(3)8-7-9-14(16)15(12-19-17)18-10-11-21-4/h7-9,12,18H,5-6,10-11H2,1-4H3. The van der Waals surface area contributed by atoms with Gasteiger partial charge in [-0.3, -0.25) is 0 Å². The molecule has 0 saturated carbocycles. The van der Waals surface area contributed by atoms with E-state index in [4.69, 9.17) is 9.72 Å². The Labute approximate surface area is 127 Å². The smallest absolute Gasteiger partial charge is 0.136 e. The van der Waals surface area contributed by atoms with E-state index < -0.39 is 0 Å². The van der Waals surface area contributed by atoms with Gasteiger partial charge >= 0.3 is 0 Å². The fourth-order valence-electron chi connectivity index (χ4n) is 2.64. The molecule has 0 aliphatic rings. The maximum absolute atomic E-state index is 5.10. The van der Waals surface area contributed by atoms with Gasteiger partial charge in [-0.05, 0) is 26.3 Å². The summed E-state index contributed by atoms with van der Waals surface area (Å²) in [6.45, 7) is 9.87. The zero-order chi connectivity index (χ0) is 15.2. The molecule has 0 bridgehead atoms. The molecule has 1 aromatic carbocycles. The van der Waals surface area contributed by atoms with E-state index in [1.165, 1.54) is 16.3 Å². The van der Waals surface area contributed by atoms with Gasteiger partial charge in [0, 0.05) is 37.5 Å². The Kier molecular flexibility index (Phi) is 5.39. The molecule has 4 nitrogen and oxygen atoms in total. The second kappa shape index (κ2) is 7.27. The molecular formula is C17H25N3O. The van der Waals surface area contributed by atoms with Crippen LogP contribution in [-0.4, -0.2) is 38.3 Å². The number of hydrogen-bond acceptors (Lipinski definition) is 4. The molecule has 0 radical (unpaired) electrons. The van der Waals surface area contributed by atoms with Crippen molar-refractivity contribution in [2.75, 3.05) is 43.6 Å². The summed E-state index contributed by atoms with van der Waals surface area (Å²) in [6.07, 6.45) is 1.94. The number of benzene rings is 1. The molecule has 1 N–H and O–H groups in total. The maximum atomic E-state index is 5.10. The van der Waals surface area contributed by atoms with Crippen LogP contribution in [-0.2, 0) is 4.74 Å². The van der Waals surface area contributed by atoms with Crippen molar-refractivity contribution < 1.29 is 4.74 Å². The summed E-state index contributed by atoms with van der Waals surface area (Å²) in [5.74, 6) is 1.07. The van der Waals surface area contributed by atoms with Gasteiger partial charge in [0.2, 0.25) is 0 Å². The van der Waals surface area contributed by atoms with Crippen LogP contribution in [0.15, 0.2) is 24.4 Å². The Morgan fingerprint density at radius 2 is 2.00 bits per heavy atom. The first-order valence-electron chi connectivity index (χ1n) is 7.59. The van der Waals surface area contributed by atoms with Gasteiger partial charge in [0.15, 0.2) is 0 Å². The van der Waals surface area contributed by atoms with Gasteiger partial charge in [0.1, 0.15) is 5.82 Å².